The number of aromatic nitrogens is 5. The summed E-state index contributed by atoms with van der Waals surface area (Å²) in [6.45, 7) is 5.42. The van der Waals surface area contributed by atoms with E-state index >= 15 is 0 Å². The van der Waals surface area contributed by atoms with Gasteiger partial charge in [0.15, 0.2) is 11.5 Å². The second-order valence-corrected chi connectivity index (χ2v) is 9.02. The summed E-state index contributed by atoms with van der Waals surface area (Å²) < 4.78 is 19.0. The minimum Gasteiger partial charge on any atom is -0.493 e. The van der Waals surface area contributed by atoms with Gasteiger partial charge >= 0.3 is 0 Å². The molecule has 37 heavy (non-hydrogen) atoms. The smallest absolute Gasteiger partial charge is 0.246 e. The zero-order valence-corrected chi connectivity index (χ0v) is 21.6. The van der Waals surface area contributed by atoms with Crippen molar-refractivity contribution in [3.05, 3.63) is 54.6 Å². The Kier molecular flexibility index (Phi) is 8.14. The predicted molar refractivity (Wildman–Crippen MR) is 139 cm³/mol. The summed E-state index contributed by atoms with van der Waals surface area (Å²) in [6.07, 6.45) is 3.22. The molecular weight excluding hydrogens is 474 g/mol. The molecule has 4 rings (SSSR count). The van der Waals surface area contributed by atoms with Gasteiger partial charge in [-0.25, -0.2) is 14.6 Å². The van der Waals surface area contributed by atoms with Gasteiger partial charge in [0.1, 0.15) is 25.2 Å². The Morgan fingerprint density at radius 2 is 1.89 bits per heavy atom. The summed E-state index contributed by atoms with van der Waals surface area (Å²) >= 11 is 0. The summed E-state index contributed by atoms with van der Waals surface area (Å²) in [5, 5.41) is 11.6. The van der Waals surface area contributed by atoms with Gasteiger partial charge in [0.2, 0.25) is 11.8 Å². The second-order valence-electron chi connectivity index (χ2n) is 9.02. The van der Waals surface area contributed by atoms with E-state index in [1.807, 2.05) is 38.9 Å². The van der Waals surface area contributed by atoms with Gasteiger partial charge in [-0.15, -0.1) is 5.10 Å². The monoisotopic (exact) mass is 505 g/mol. The van der Waals surface area contributed by atoms with Crippen molar-refractivity contribution in [1.29, 1.82) is 0 Å². The van der Waals surface area contributed by atoms with E-state index in [0.717, 1.165) is 12.2 Å². The highest BCUT2D eigenvalue weighted by atomic mass is 16.5. The zero-order valence-electron chi connectivity index (χ0n) is 21.6. The minimum absolute atomic E-state index is 0.0770. The van der Waals surface area contributed by atoms with Crippen LogP contribution in [0.4, 0.5) is 5.69 Å². The van der Waals surface area contributed by atoms with Crippen molar-refractivity contribution in [3.63, 3.8) is 0 Å². The molecule has 0 saturated carbocycles. The molecule has 0 fully saturated rings. The van der Waals surface area contributed by atoms with Crippen molar-refractivity contribution in [3.8, 4) is 23.1 Å². The molecule has 194 valence electrons. The van der Waals surface area contributed by atoms with E-state index in [1.54, 1.807) is 43.6 Å². The Bertz CT molecular complexity index is 1350. The third-order valence-corrected chi connectivity index (χ3v) is 5.49. The fraction of sp³-hybridized carbons (Fsp3) is 0.346. The molecule has 2 aromatic heterocycles. The topological polar surface area (TPSA) is 117 Å². The van der Waals surface area contributed by atoms with Gasteiger partial charge in [-0.3, -0.25) is 4.79 Å². The average molecular weight is 506 g/mol. The number of rotatable bonds is 11. The molecule has 11 heteroatoms. The van der Waals surface area contributed by atoms with Crippen LogP contribution in [0.5, 0.6) is 23.1 Å². The van der Waals surface area contributed by atoms with Gasteiger partial charge < -0.3 is 24.4 Å². The number of hydrogen-bond donors (Lipinski definition) is 1. The Morgan fingerprint density at radius 3 is 2.57 bits per heavy atom. The lowest BCUT2D eigenvalue weighted by Gasteiger charge is -2.15. The highest BCUT2D eigenvalue weighted by Gasteiger charge is 2.14. The molecule has 0 aliphatic carbocycles. The van der Waals surface area contributed by atoms with Gasteiger partial charge in [0.25, 0.3) is 0 Å². The highest BCUT2D eigenvalue weighted by molar-refractivity contribution is 5.90. The first-order valence-electron chi connectivity index (χ1n) is 11.9. The molecule has 2 aromatic carbocycles. The van der Waals surface area contributed by atoms with Crippen LogP contribution in [0.25, 0.3) is 10.9 Å². The number of likely N-dealkylation sites (N-methyl/N-ethyl adjacent to an activating group) is 1. The Labute approximate surface area is 215 Å². The van der Waals surface area contributed by atoms with Crippen molar-refractivity contribution in [2.24, 2.45) is 0 Å². The molecule has 1 amide bonds. The lowest BCUT2D eigenvalue weighted by atomic mass is 10.2. The van der Waals surface area contributed by atoms with E-state index in [4.69, 9.17) is 14.2 Å². The van der Waals surface area contributed by atoms with Crippen LogP contribution in [-0.4, -0.2) is 70.1 Å². The summed E-state index contributed by atoms with van der Waals surface area (Å²) in [5.41, 5.74) is 2.15. The van der Waals surface area contributed by atoms with Gasteiger partial charge in [-0.1, -0.05) is 19.1 Å². The summed E-state index contributed by atoms with van der Waals surface area (Å²) in [5.74, 6) is 2.16. The zero-order chi connectivity index (χ0) is 26.4. The van der Waals surface area contributed by atoms with E-state index < -0.39 is 0 Å². The highest BCUT2D eigenvalue weighted by Crippen LogP contribution is 2.36. The molecule has 0 bridgehead atoms. The van der Waals surface area contributed by atoms with Crippen LogP contribution < -0.4 is 19.5 Å². The first-order valence-corrected chi connectivity index (χ1v) is 11.9. The lowest BCUT2D eigenvalue weighted by Crippen LogP contribution is -2.19. The minimum atomic E-state index is -0.202. The Hall–Kier alpha value is -4.25. The van der Waals surface area contributed by atoms with Gasteiger partial charge in [0, 0.05) is 24.5 Å². The number of fused-ring (bicyclic) bond motifs is 1. The van der Waals surface area contributed by atoms with Crippen LogP contribution >= 0.6 is 0 Å². The molecule has 1 N–H and O–H groups in total. The van der Waals surface area contributed by atoms with Crippen molar-refractivity contribution >= 4 is 22.5 Å². The first-order chi connectivity index (χ1) is 17.8. The van der Waals surface area contributed by atoms with Crippen molar-refractivity contribution in [1.82, 2.24) is 29.9 Å². The van der Waals surface area contributed by atoms with Gasteiger partial charge in [-0.05, 0) is 50.3 Å². The maximum atomic E-state index is 12.4. The molecule has 0 aliphatic rings. The molecule has 0 radical (unpaired) electrons. The van der Waals surface area contributed by atoms with E-state index in [1.165, 1.54) is 11.0 Å². The number of benzene rings is 2. The second kappa shape index (κ2) is 11.7. The Balaban J connectivity index is 1.43. The molecule has 4 aromatic rings. The third kappa shape index (κ3) is 6.70. The molecule has 0 saturated heterocycles. The normalized spacial score (nSPS) is 11.2. The fourth-order valence-corrected chi connectivity index (χ4v) is 3.45. The van der Waals surface area contributed by atoms with Crippen LogP contribution in [0.1, 0.15) is 25.5 Å². The first kappa shape index (κ1) is 25.8. The van der Waals surface area contributed by atoms with Crippen LogP contribution in [0, 0.1) is 0 Å². The van der Waals surface area contributed by atoms with Crippen molar-refractivity contribution < 1.29 is 19.0 Å². The average Bonchev–Trinajstić information content (AvgIpc) is 3.33. The van der Waals surface area contributed by atoms with E-state index in [0.29, 0.717) is 46.3 Å². The van der Waals surface area contributed by atoms with Crippen molar-refractivity contribution in [2.75, 3.05) is 39.7 Å². The quantitative estimate of drug-likeness (QED) is 0.325. The molecule has 0 aliphatic heterocycles. The fourth-order valence-electron chi connectivity index (χ4n) is 3.45. The number of ether oxygens (including phenoxy) is 3. The number of carbonyl (C=O) groups excluding carboxylic acids is 1. The molecular formula is C26H31N7O4. The number of amides is 1. The number of methoxy groups -OCH3 is 1. The Morgan fingerprint density at radius 1 is 1.11 bits per heavy atom. The summed E-state index contributed by atoms with van der Waals surface area (Å²) in [4.78, 5) is 23.1. The maximum Gasteiger partial charge on any atom is 0.246 e. The van der Waals surface area contributed by atoms with Crippen LogP contribution in [-0.2, 0) is 11.3 Å². The SMILES string of the molecule is COc1cc2c(Oc3ccc(NC(=O)Cn4cc(C(C)C)nn4)cc3)ncnc2cc1OCCN(C)C. The number of hydrogen-bond acceptors (Lipinski definition) is 9. The summed E-state index contributed by atoms with van der Waals surface area (Å²) in [7, 11) is 5.56. The standard InChI is InChI=1S/C26H31N7O4/c1-17(2)22-14-33(31-30-22)15-25(34)29-18-6-8-19(9-7-18)37-26-20-12-23(35-5)24(36-11-10-32(3)4)13-21(20)27-16-28-26/h6-9,12-14,16-17H,10-11,15H2,1-5H3,(H,29,34). The molecule has 0 unspecified atom stereocenters. The van der Waals surface area contributed by atoms with E-state index in [9.17, 15) is 4.79 Å². The molecule has 2 heterocycles. The van der Waals surface area contributed by atoms with Crippen LogP contribution in [0.2, 0.25) is 0 Å². The third-order valence-electron chi connectivity index (χ3n) is 5.49. The summed E-state index contributed by atoms with van der Waals surface area (Å²) in [6, 6.07) is 10.6. The van der Waals surface area contributed by atoms with Crippen LogP contribution in [0.15, 0.2) is 48.9 Å². The number of anilines is 1. The largest absolute Gasteiger partial charge is 0.493 e. The van der Waals surface area contributed by atoms with Crippen molar-refractivity contribution in [2.45, 2.75) is 26.3 Å². The number of carbonyl (C=O) groups is 1. The van der Waals surface area contributed by atoms with Crippen LogP contribution in [0.3, 0.4) is 0 Å². The van der Waals surface area contributed by atoms with Gasteiger partial charge in [0.05, 0.1) is 23.7 Å². The number of nitrogens with zero attached hydrogens (tertiary/aromatic N) is 6. The lowest BCUT2D eigenvalue weighted by molar-refractivity contribution is -0.116. The van der Waals surface area contributed by atoms with Gasteiger partial charge in [-0.2, -0.15) is 0 Å². The maximum absolute atomic E-state index is 12.4. The predicted octanol–water partition coefficient (Wildman–Crippen LogP) is 3.72. The van der Waals surface area contributed by atoms with E-state index in [-0.39, 0.29) is 18.4 Å². The molecule has 11 nitrogen and oxygen atoms in total. The number of nitrogens with one attached hydrogen (secondary N) is 1. The molecule has 0 atom stereocenters. The molecule has 0 spiro atoms. The van der Waals surface area contributed by atoms with E-state index in [2.05, 4.69) is 25.6 Å².